The van der Waals surface area contributed by atoms with Crippen LogP contribution in [-0.4, -0.2) is 32.0 Å². The number of benzene rings is 1. The lowest BCUT2D eigenvalue weighted by atomic mass is 9.78. The van der Waals surface area contributed by atoms with Gasteiger partial charge in [0.15, 0.2) is 0 Å². The molecule has 3 heteroatoms. The highest BCUT2D eigenvalue weighted by Crippen LogP contribution is 2.34. The Bertz CT molecular complexity index is 364. The van der Waals surface area contributed by atoms with Crippen LogP contribution in [0, 0.1) is 0 Å². The molecule has 1 aromatic rings. The molecule has 0 amide bonds. The maximum atomic E-state index is 9.47. The summed E-state index contributed by atoms with van der Waals surface area (Å²) in [6.07, 6.45) is 0.930. The Hall–Kier alpha value is -1.06. The minimum Gasteiger partial charge on any atom is -0.496 e. The summed E-state index contributed by atoms with van der Waals surface area (Å²) in [6, 6.07) is 6.12. The van der Waals surface area contributed by atoms with E-state index < -0.39 is 0 Å². The quantitative estimate of drug-likeness (QED) is 0.839. The van der Waals surface area contributed by atoms with Crippen molar-refractivity contribution in [2.75, 3.05) is 26.9 Å². The molecule has 0 radical (unpaired) electrons. The van der Waals surface area contributed by atoms with E-state index in [4.69, 9.17) is 9.47 Å². The van der Waals surface area contributed by atoms with Crippen LogP contribution in [0.2, 0.25) is 0 Å². The van der Waals surface area contributed by atoms with Crippen molar-refractivity contribution in [2.24, 2.45) is 0 Å². The van der Waals surface area contributed by atoms with E-state index in [-0.39, 0.29) is 12.0 Å². The zero-order valence-corrected chi connectivity index (χ0v) is 9.82. The van der Waals surface area contributed by atoms with Crippen LogP contribution in [0.5, 0.6) is 5.75 Å². The number of aliphatic hydroxyl groups is 1. The molecule has 0 atom stereocenters. The maximum absolute atomic E-state index is 9.47. The topological polar surface area (TPSA) is 38.7 Å². The van der Waals surface area contributed by atoms with Crippen LogP contribution in [0.1, 0.15) is 18.1 Å². The second-order valence-electron chi connectivity index (χ2n) is 4.31. The van der Waals surface area contributed by atoms with E-state index in [1.807, 2.05) is 12.1 Å². The van der Waals surface area contributed by atoms with Crippen LogP contribution in [0.4, 0.5) is 0 Å². The predicted molar refractivity (Wildman–Crippen MR) is 62.0 cm³/mol. The molecule has 1 heterocycles. The molecule has 0 unspecified atom stereocenters. The van der Waals surface area contributed by atoms with Gasteiger partial charge in [-0.15, -0.1) is 0 Å². The third kappa shape index (κ3) is 1.70. The normalized spacial score (nSPS) is 17.9. The molecular formula is C13H18O3. The van der Waals surface area contributed by atoms with Gasteiger partial charge in [0.05, 0.1) is 32.3 Å². The number of hydrogen-bond acceptors (Lipinski definition) is 3. The van der Waals surface area contributed by atoms with E-state index in [0.717, 1.165) is 17.7 Å². The van der Waals surface area contributed by atoms with Gasteiger partial charge in [0, 0.05) is 0 Å². The van der Waals surface area contributed by atoms with Crippen molar-refractivity contribution in [3.05, 3.63) is 29.3 Å². The highest BCUT2D eigenvalue weighted by atomic mass is 16.5. The molecule has 1 N–H and O–H groups in total. The molecule has 0 aromatic heterocycles. The number of aryl methyl sites for hydroxylation is 1. The van der Waals surface area contributed by atoms with E-state index in [9.17, 15) is 5.11 Å². The standard InChI is InChI=1S/C13H18O3/c1-3-10-6-11(4-5-12(10)15-2)13(7-14)8-16-9-13/h4-6,14H,3,7-9H2,1-2H3. The van der Waals surface area contributed by atoms with E-state index in [0.29, 0.717) is 13.2 Å². The van der Waals surface area contributed by atoms with Crippen LogP contribution in [0.25, 0.3) is 0 Å². The summed E-state index contributed by atoms with van der Waals surface area (Å²) in [5, 5.41) is 9.47. The zero-order chi connectivity index (χ0) is 11.6. The minimum absolute atomic E-state index is 0.141. The van der Waals surface area contributed by atoms with Crippen molar-refractivity contribution in [2.45, 2.75) is 18.8 Å². The van der Waals surface area contributed by atoms with Gasteiger partial charge in [-0.1, -0.05) is 19.1 Å². The highest BCUT2D eigenvalue weighted by Gasteiger charge is 2.40. The Labute approximate surface area is 96.0 Å². The lowest BCUT2D eigenvalue weighted by Gasteiger charge is -2.40. The zero-order valence-electron chi connectivity index (χ0n) is 9.82. The Morgan fingerprint density at radius 2 is 2.19 bits per heavy atom. The average molecular weight is 222 g/mol. The fourth-order valence-electron chi connectivity index (χ4n) is 2.08. The van der Waals surface area contributed by atoms with Gasteiger partial charge >= 0.3 is 0 Å². The maximum Gasteiger partial charge on any atom is 0.122 e. The summed E-state index contributed by atoms with van der Waals surface area (Å²) >= 11 is 0. The molecule has 1 aliphatic rings. The van der Waals surface area contributed by atoms with Gasteiger partial charge in [0.25, 0.3) is 0 Å². The Morgan fingerprint density at radius 3 is 2.62 bits per heavy atom. The highest BCUT2D eigenvalue weighted by molar-refractivity contribution is 5.41. The summed E-state index contributed by atoms with van der Waals surface area (Å²) in [6.45, 7) is 3.46. The lowest BCUT2D eigenvalue weighted by Crippen LogP contribution is -2.49. The van der Waals surface area contributed by atoms with Crippen molar-refractivity contribution >= 4 is 0 Å². The number of methoxy groups -OCH3 is 1. The van der Waals surface area contributed by atoms with E-state index in [2.05, 4.69) is 13.0 Å². The molecule has 0 saturated carbocycles. The molecule has 0 bridgehead atoms. The van der Waals surface area contributed by atoms with E-state index >= 15 is 0 Å². The third-order valence-corrected chi connectivity index (χ3v) is 3.33. The summed E-state index contributed by atoms with van der Waals surface area (Å²) in [5.41, 5.74) is 2.15. The number of aliphatic hydroxyl groups excluding tert-OH is 1. The van der Waals surface area contributed by atoms with Crippen LogP contribution >= 0.6 is 0 Å². The first-order valence-corrected chi connectivity index (χ1v) is 5.62. The van der Waals surface area contributed by atoms with Crippen molar-refractivity contribution in [3.8, 4) is 5.75 Å². The van der Waals surface area contributed by atoms with Gasteiger partial charge in [-0.3, -0.25) is 0 Å². The van der Waals surface area contributed by atoms with Gasteiger partial charge in [0.1, 0.15) is 5.75 Å². The van der Waals surface area contributed by atoms with Gasteiger partial charge in [-0.2, -0.15) is 0 Å². The molecule has 88 valence electrons. The van der Waals surface area contributed by atoms with Crippen molar-refractivity contribution in [1.29, 1.82) is 0 Å². The largest absolute Gasteiger partial charge is 0.496 e. The van der Waals surface area contributed by atoms with E-state index in [1.165, 1.54) is 5.56 Å². The van der Waals surface area contributed by atoms with Crippen LogP contribution in [0.3, 0.4) is 0 Å². The molecule has 16 heavy (non-hydrogen) atoms. The summed E-state index contributed by atoms with van der Waals surface area (Å²) in [7, 11) is 1.68. The van der Waals surface area contributed by atoms with Crippen molar-refractivity contribution in [3.63, 3.8) is 0 Å². The molecule has 1 fully saturated rings. The third-order valence-electron chi connectivity index (χ3n) is 3.33. The molecular weight excluding hydrogens is 204 g/mol. The number of rotatable bonds is 4. The Kier molecular flexibility index (Phi) is 3.17. The lowest BCUT2D eigenvalue weighted by molar-refractivity contribution is -0.0842. The first-order chi connectivity index (χ1) is 7.75. The van der Waals surface area contributed by atoms with Gasteiger partial charge in [-0.05, 0) is 23.6 Å². The van der Waals surface area contributed by atoms with Crippen LogP contribution < -0.4 is 4.74 Å². The Morgan fingerprint density at radius 1 is 1.44 bits per heavy atom. The summed E-state index contributed by atoms with van der Waals surface area (Å²) in [5.74, 6) is 0.916. The SMILES string of the molecule is CCc1cc(C2(CO)COC2)ccc1OC. The first-order valence-electron chi connectivity index (χ1n) is 5.62. The van der Waals surface area contributed by atoms with Crippen LogP contribution in [-0.2, 0) is 16.6 Å². The molecule has 1 aliphatic heterocycles. The number of ether oxygens (including phenoxy) is 2. The molecule has 1 aromatic carbocycles. The van der Waals surface area contributed by atoms with Crippen molar-refractivity contribution < 1.29 is 14.6 Å². The number of hydrogen-bond donors (Lipinski definition) is 1. The summed E-state index contributed by atoms with van der Waals surface area (Å²) in [4.78, 5) is 0. The molecule has 2 rings (SSSR count). The fraction of sp³-hybridized carbons (Fsp3) is 0.538. The van der Waals surface area contributed by atoms with Crippen molar-refractivity contribution in [1.82, 2.24) is 0 Å². The molecule has 0 spiro atoms. The second kappa shape index (κ2) is 4.44. The fourth-order valence-corrected chi connectivity index (χ4v) is 2.08. The molecule has 1 saturated heterocycles. The monoisotopic (exact) mass is 222 g/mol. The van der Waals surface area contributed by atoms with Gasteiger partial charge < -0.3 is 14.6 Å². The smallest absolute Gasteiger partial charge is 0.122 e. The average Bonchev–Trinajstić information content (AvgIpc) is 2.28. The van der Waals surface area contributed by atoms with Gasteiger partial charge in [-0.25, -0.2) is 0 Å². The van der Waals surface area contributed by atoms with Crippen LogP contribution in [0.15, 0.2) is 18.2 Å². The summed E-state index contributed by atoms with van der Waals surface area (Å²) < 4.78 is 10.5. The molecule has 0 aliphatic carbocycles. The molecule has 3 nitrogen and oxygen atoms in total. The second-order valence-corrected chi connectivity index (χ2v) is 4.31. The van der Waals surface area contributed by atoms with Gasteiger partial charge in [0.2, 0.25) is 0 Å². The first kappa shape index (κ1) is 11.4. The minimum atomic E-state index is -0.184. The van der Waals surface area contributed by atoms with E-state index in [1.54, 1.807) is 7.11 Å². The Balaban J connectivity index is 2.35. The predicted octanol–water partition coefficient (Wildman–Crippen LogP) is 1.52.